The third kappa shape index (κ3) is 3.78. The molecule has 0 fully saturated rings. The van der Waals surface area contributed by atoms with Crippen molar-refractivity contribution in [2.24, 2.45) is 0 Å². The summed E-state index contributed by atoms with van der Waals surface area (Å²) in [7, 11) is 1.38. The highest BCUT2D eigenvalue weighted by molar-refractivity contribution is 5.94. The van der Waals surface area contributed by atoms with Gasteiger partial charge in [0.1, 0.15) is 5.78 Å². The molecule has 29 heavy (non-hydrogen) atoms. The van der Waals surface area contributed by atoms with Gasteiger partial charge in [-0.3, -0.25) is 4.79 Å². The van der Waals surface area contributed by atoms with E-state index in [0.29, 0.717) is 17.8 Å². The number of fused-ring (bicyclic) bond motifs is 1. The van der Waals surface area contributed by atoms with Crippen LogP contribution in [0.4, 0.5) is 0 Å². The Balaban J connectivity index is 1.99. The molecule has 0 aromatic heterocycles. The fraction of sp³-hybridized carbons (Fsp3) is 0.385. The fourth-order valence-electron chi connectivity index (χ4n) is 4.18. The van der Waals surface area contributed by atoms with Gasteiger partial charge in [-0.25, -0.2) is 4.79 Å². The molecule has 3 heteroatoms. The van der Waals surface area contributed by atoms with Crippen molar-refractivity contribution in [1.29, 1.82) is 0 Å². The fourth-order valence-corrected chi connectivity index (χ4v) is 4.18. The highest BCUT2D eigenvalue weighted by Crippen LogP contribution is 2.46. The summed E-state index contributed by atoms with van der Waals surface area (Å²) in [4.78, 5) is 24.5. The summed E-state index contributed by atoms with van der Waals surface area (Å²) < 4.78 is 4.75. The van der Waals surface area contributed by atoms with Gasteiger partial charge in [0.05, 0.1) is 18.1 Å². The van der Waals surface area contributed by atoms with E-state index in [1.54, 1.807) is 12.1 Å². The van der Waals surface area contributed by atoms with Gasteiger partial charge in [0.25, 0.3) is 0 Å². The lowest BCUT2D eigenvalue weighted by molar-refractivity contribution is -0.126. The van der Waals surface area contributed by atoms with E-state index in [0.717, 1.165) is 23.1 Å². The Bertz CT molecular complexity index is 980. The molecule has 1 aliphatic rings. The average molecular weight is 391 g/mol. The normalized spacial score (nSPS) is 20.6. The molecule has 0 saturated carbocycles. The maximum atomic E-state index is 12.9. The van der Waals surface area contributed by atoms with Gasteiger partial charge in [0, 0.05) is 6.42 Å². The molecule has 0 spiro atoms. The van der Waals surface area contributed by atoms with Crippen molar-refractivity contribution in [3.05, 3.63) is 69.8 Å². The zero-order valence-corrected chi connectivity index (χ0v) is 18.3. The summed E-state index contributed by atoms with van der Waals surface area (Å²) in [5, 5.41) is 0. The molecule has 0 saturated heterocycles. The van der Waals surface area contributed by atoms with Gasteiger partial charge in [-0.15, -0.1) is 0 Å². The van der Waals surface area contributed by atoms with Crippen molar-refractivity contribution in [2.45, 2.75) is 58.3 Å². The zero-order chi connectivity index (χ0) is 21.4. The van der Waals surface area contributed by atoms with Crippen molar-refractivity contribution in [3.63, 3.8) is 0 Å². The van der Waals surface area contributed by atoms with Crippen molar-refractivity contribution in [3.8, 4) is 0 Å². The van der Waals surface area contributed by atoms with Gasteiger partial charge in [-0.2, -0.15) is 0 Å². The molecule has 0 heterocycles. The third-order valence-electron chi connectivity index (χ3n) is 6.44. The van der Waals surface area contributed by atoms with E-state index < -0.39 is 5.41 Å². The number of carbonyl (C=O) groups excluding carboxylic acids is 2. The molecule has 152 valence electrons. The average Bonchev–Trinajstić information content (AvgIpc) is 2.70. The van der Waals surface area contributed by atoms with Crippen molar-refractivity contribution >= 4 is 23.9 Å². The largest absolute Gasteiger partial charge is 0.465 e. The van der Waals surface area contributed by atoms with E-state index in [-0.39, 0.29) is 11.4 Å². The minimum absolute atomic E-state index is 0.167. The lowest BCUT2D eigenvalue weighted by Crippen LogP contribution is -2.43. The topological polar surface area (TPSA) is 43.4 Å². The van der Waals surface area contributed by atoms with Crippen LogP contribution in [-0.4, -0.2) is 18.9 Å². The quantitative estimate of drug-likeness (QED) is 0.484. The summed E-state index contributed by atoms with van der Waals surface area (Å²) >= 11 is 0. The van der Waals surface area contributed by atoms with Crippen LogP contribution in [-0.2, 0) is 20.4 Å². The second kappa shape index (κ2) is 7.62. The SMILES string of the molecule is CCC1(C)C(=O)CC(C)(C)c2cc(/C=C/c3ccc(C(=O)OC)cc3)c(C)cc21. The third-order valence-corrected chi connectivity index (χ3v) is 6.44. The molecule has 0 radical (unpaired) electrons. The molecule has 0 bridgehead atoms. The first kappa shape index (κ1) is 21.0. The maximum absolute atomic E-state index is 12.9. The molecule has 0 amide bonds. The van der Waals surface area contributed by atoms with E-state index in [2.05, 4.69) is 58.9 Å². The molecule has 3 nitrogen and oxygen atoms in total. The number of ether oxygens (including phenoxy) is 1. The molecule has 1 atom stereocenters. The Labute approximate surface area is 173 Å². The van der Waals surface area contributed by atoms with E-state index >= 15 is 0 Å². The molecular weight excluding hydrogens is 360 g/mol. The summed E-state index contributed by atoms with van der Waals surface area (Å²) in [5.74, 6) is 0.00713. The predicted octanol–water partition coefficient (Wildman–Crippen LogP) is 5.87. The zero-order valence-electron chi connectivity index (χ0n) is 18.3. The van der Waals surface area contributed by atoms with Crippen molar-refractivity contribution in [1.82, 2.24) is 0 Å². The first-order valence-corrected chi connectivity index (χ1v) is 10.2. The molecule has 2 aromatic rings. The Morgan fingerprint density at radius 1 is 1.07 bits per heavy atom. The van der Waals surface area contributed by atoms with Gasteiger partial charge in [-0.05, 0) is 65.6 Å². The molecule has 1 aliphatic carbocycles. The van der Waals surface area contributed by atoms with Gasteiger partial charge < -0.3 is 4.74 Å². The van der Waals surface area contributed by atoms with Gasteiger partial charge in [0.15, 0.2) is 0 Å². The summed E-state index contributed by atoms with van der Waals surface area (Å²) in [6, 6.07) is 11.8. The minimum atomic E-state index is -0.401. The number of Topliss-reactive ketones (excluding diaryl/α,β-unsaturated/α-hetero) is 1. The van der Waals surface area contributed by atoms with Crippen LogP contribution in [0.2, 0.25) is 0 Å². The number of rotatable bonds is 4. The van der Waals surface area contributed by atoms with E-state index in [9.17, 15) is 9.59 Å². The van der Waals surface area contributed by atoms with Crippen LogP contribution in [0, 0.1) is 6.92 Å². The molecule has 3 rings (SSSR count). The van der Waals surface area contributed by atoms with Crippen LogP contribution in [0.3, 0.4) is 0 Å². The van der Waals surface area contributed by atoms with E-state index in [1.807, 2.05) is 12.1 Å². The second-order valence-electron chi connectivity index (χ2n) is 8.87. The maximum Gasteiger partial charge on any atom is 0.337 e. The van der Waals surface area contributed by atoms with Crippen LogP contribution < -0.4 is 0 Å². The number of hydrogen-bond acceptors (Lipinski definition) is 3. The molecular formula is C26H30O3. The molecule has 0 aliphatic heterocycles. The van der Waals surface area contributed by atoms with E-state index in [1.165, 1.54) is 18.2 Å². The number of hydrogen-bond donors (Lipinski definition) is 0. The number of ketones is 1. The first-order valence-electron chi connectivity index (χ1n) is 10.2. The van der Waals surface area contributed by atoms with Crippen LogP contribution >= 0.6 is 0 Å². The number of benzene rings is 2. The Kier molecular flexibility index (Phi) is 5.53. The van der Waals surface area contributed by atoms with E-state index in [4.69, 9.17) is 4.74 Å². The van der Waals surface area contributed by atoms with Crippen LogP contribution in [0.25, 0.3) is 12.2 Å². The van der Waals surface area contributed by atoms with Crippen LogP contribution in [0.1, 0.15) is 78.7 Å². The lowest BCUT2D eigenvalue weighted by Gasteiger charge is -2.42. The summed E-state index contributed by atoms with van der Waals surface area (Å²) in [5.41, 5.74) is 5.76. The lowest BCUT2D eigenvalue weighted by atomic mass is 9.60. The van der Waals surface area contributed by atoms with Crippen LogP contribution in [0.5, 0.6) is 0 Å². The summed E-state index contributed by atoms with van der Waals surface area (Å²) in [6.07, 6.45) is 5.55. The van der Waals surface area contributed by atoms with Crippen molar-refractivity contribution < 1.29 is 14.3 Å². The monoisotopic (exact) mass is 390 g/mol. The highest BCUT2D eigenvalue weighted by atomic mass is 16.5. The molecule has 2 aromatic carbocycles. The molecule has 0 N–H and O–H groups in total. The Morgan fingerprint density at radius 3 is 2.31 bits per heavy atom. The van der Waals surface area contributed by atoms with Gasteiger partial charge in [0.2, 0.25) is 0 Å². The predicted molar refractivity (Wildman–Crippen MR) is 118 cm³/mol. The molecule has 1 unspecified atom stereocenters. The standard InChI is InChI=1S/C26H30O3/c1-7-26(5)22-14-17(2)20(15-21(22)25(3,4)16-23(26)27)13-10-18-8-11-19(12-9-18)24(28)29-6/h8-15H,7,16H2,1-6H3/b13-10+. The van der Waals surface area contributed by atoms with Gasteiger partial charge >= 0.3 is 5.97 Å². The summed E-state index contributed by atoms with van der Waals surface area (Å²) in [6.45, 7) is 10.6. The highest BCUT2D eigenvalue weighted by Gasteiger charge is 2.45. The smallest absolute Gasteiger partial charge is 0.337 e. The van der Waals surface area contributed by atoms with Crippen LogP contribution in [0.15, 0.2) is 36.4 Å². The Hall–Kier alpha value is -2.68. The van der Waals surface area contributed by atoms with Gasteiger partial charge in [-0.1, -0.05) is 57.2 Å². The number of aryl methyl sites for hydroxylation is 1. The van der Waals surface area contributed by atoms with Crippen molar-refractivity contribution in [2.75, 3.05) is 7.11 Å². The Morgan fingerprint density at radius 2 is 1.72 bits per heavy atom. The second-order valence-corrected chi connectivity index (χ2v) is 8.87. The minimum Gasteiger partial charge on any atom is -0.465 e. The number of esters is 1. The first-order chi connectivity index (χ1) is 13.6. The number of carbonyl (C=O) groups is 2. The number of methoxy groups -OCH3 is 1.